The molecule has 0 fully saturated rings. The molecule has 0 bridgehead atoms. The quantitative estimate of drug-likeness (QED) is 0.588. The second-order valence-electron chi connectivity index (χ2n) is 2.01. The molecule has 0 aromatic carbocycles. The Morgan fingerprint density at radius 3 is 2.64 bits per heavy atom. The third-order valence-corrected chi connectivity index (χ3v) is 1.89. The zero-order chi connectivity index (χ0) is 8.27. The lowest BCUT2D eigenvalue weighted by Gasteiger charge is -2.00. The van der Waals surface area contributed by atoms with Gasteiger partial charge in [0.05, 0.1) is 11.4 Å². The van der Waals surface area contributed by atoms with Gasteiger partial charge in [0.25, 0.3) is 5.03 Å². The second kappa shape index (κ2) is 3.68. The zero-order valence-electron chi connectivity index (χ0n) is 5.86. The average molecular weight is 171 g/mol. The van der Waals surface area contributed by atoms with Crippen molar-refractivity contribution in [2.45, 2.75) is 11.6 Å². The van der Waals surface area contributed by atoms with Gasteiger partial charge in [0.1, 0.15) is 0 Å². The first kappa shape index (κ1) is 8.48. The summed E-state index contributed by atoms with van der Waals surface area (Å²) in [6.07, 6.45) is 1.57. The minimum absolute atomic E-state index is 0.377. The van der Waals surface area contributed by atoms with Gasteiger partial charge < -0.3 is 10.3 Å². The number of rotatable bonds is 2. The van der Waals surface area contributed by atoms with E-state index in [1.807, 2.05) is 0 Å². The van der Waals surface area contributed by atoms with Crippen molar-refractivity contribution >= 4 is 11.4 Å². The van der Waals surface area contributed by atoms with E-state index in [1.54, 1.807) is 18.3 Å². The zero-order valence-corrected chi connectivity index (χ0v) is 6.67. The second-order valence-corrected chi connectivity index (χ2v) is 3.02. The number of hydrogen-bond acceptors (Lipinski definition) is 4. The van der Waals surface area contributed by atoms with Gasteiger partial charge >= 0.3 is 0 Å². The molecule has 0 spiro atoms. The highest BCUT2D eigenvalue weighted by Crippen LogP contribution is 2.03. The van der Waals surface area contributed by atoms with Crippen molar-refractivity contribution in [1.29, 1.82) is 0 Å². The van der Waals surface area contributed by atoms with Crippen LogP contribution in [0.25, 0.3) is 0 Å². The number of pyridine rings is 1. The van der Waals surface area contributed by atoms with E-state index in [4.69, 9.17) is 10.9 Å². The van der Waals surface area contributed by atoms with E-state index < -0.39 is 11.4 Å². The minimum Gasteiger partial charge on any atom is -0.592 e. The van der Waals surface area contributed by atoms with Gasteiger partial charge in [0, 0.05) is 18.8 Å². The van der Waals surface area contributed by atoms with Crippen LogP contribution >= 0.6 is 0 Å². The maximum absolute atomic E-state index is 10.6. The van der Waals surface area contributed by atoms with E-state index in [1.165, 1.54) is 0 Å². The molecule has 60 valence electrons. The predicted molar refractivity (Wildman–Crippen MR) is 42.7 cm³/mol. The predicted octanol–water partition coefficient (Wildman–Crippen LogP) is -0.478. The minimum atomic E-state index is -1.49. The Morgan fingerprint density at radius 1 is 1.55 bits per heavy atom. The Bertz CT molecular complexity index is 224. The largest absolute Gasteiger partial charge is 0.592 e. The van der Waals surface area contributed by atoms with Crippen LogP contribution in [-0.4, -0.2) is 9.54 Å². The van der Waals surface area contributed by atoms with Gasteiger partial charge in [-0.15, -0.1) is 5.14 Å². The van der Waals surface area contributed by atoms with Crippen LogP contribution < -0.4 is 10.9 Å². The van der Waals surface area contributed by atoms with Crippen molar-refractivity contribution in [1.82, 2.24) is 4.98 Å². The topological polar surface area (TPSA) is 88.0 Å². The van der Waals surface area contributed by atoms with Crippen LogP contribution in [0.1, 0.15) is 5.56 Å². The first-order valence-electron chi connectivity index (χ1n) is 3.05. The highest BCUT2D eigenvalue weighted by atomic mass is 32.2. The molecule has 4 N–H and O–H groups in total. The molecule has 1 aromatic heterocycles. The van der Waals surface area contributed by atoms with Crippen LogP contribution in [0.5, 0.6) is 0 Å². The molecular weight excluding hydrogens is 162 g/mol. The third-order valence-electron chi connectivity index (χ3n) is 1.24. The first-order valence-corrected chi connectivity index (χ1v) is 4.26. The summed E-state index contributed by atoms with van der Waals surface area (Å²) in [7, 11) is 0. The van der Waals surface area contributed by atoms with E-state index in [9.17, 15) is 4.55 Å². The fourth-order valence-electron chi connectivity index (χ4n) is 0.651. The summed E-state index contributed by atoms with van der Waals surface area (Å²) in [6.45, 7) is 0.435. The maximum Gasteiger partial charge on any atom is 0.265 e. The van der Waals surface area contributed by atoms with Gasteiger partial charge in [0.15, 0.2) is 0 Å². The van der Waals surface area contributed by atoms with Crippen molar-refractivity contribution in [3.8, 4) is 0 Å². The summed E-state index contributed by atoms with van der Waals surface area (Å²) in [5, 5.41) is 5.46. The van der Waals surface area contributed by atoms with E-state index in [0.29, 0.717) is 11.6 Å². The maximum atomic E-state index is 10.6. The average Bonchev–Trinajstić information content (AvgIpc) is 2.05. The van der Waals surface area contributed by atoms with Crippen molar-refractivity contribution in [3.63, 3.8) is 0 Å². The van der Waals surface area contributed by atoms with Gasteiger partial charge in [-0.2, -0.15) is 0 Å². The first-order chi connectivity index (χ1) is 5.24. The molecule has 0 aliphatic rings. The molecule has 1 unspecified atom stereocenters. The summed E-state index contributed by atoms with van der Waals surface area (Å²) in [5.74, 6) is 0. The van der Waals surface area contributed by atoms with Crippen molar-refractivity contribution in [2.24, 2.45) is 10.9 Å². The highest BCUT2D eigenvalue weighted by Gasteiger charge is 2.05. The Hall–Kier alpha value is -0.620. The Balaban J connectivity index is 2.83. The van der Waals surface area contributed by atoms with Crippen LogP contribution in [0.4, 0.5) is 0 Å². The molecule has 0 amide bonds. The normalized spacial score (nSPS) is 13.0. The number of nitrogens with two attached hydrogens (primary N) is 2. The number of nitrogens with zero attached hydrogens (tertiary/aromatic N) is 1. The van der Waals surface area contributed by atoms with Gasteiger partial charge in [-0.1, -0.05) is 0 Å². The van der Waals surface area contributed by atoms with Crippen LogP contribution in [0.3, 0.4) is 0 Å². The molecule has 0 aliphatic carbocycles. The summed E-state index contributed by atoms with van der Waals surface area (Å²) >= 11 is -1.49. The molecule has 1 aromatic rings. The number of aromatic nitrogens is 1. The standard InChI is InChI=1S/C6H9N3OS/c7-3-5-1-2-6(9-4-5)11(8)10/h1-2,4H,3,7-8H2. The van der Waals surface area contributed by atoms with Gasteiger partial charge in [-0.3, -0.25) is 0 Å². The SMILES string of the molecule is NCc1ccc([S+](N)[O-])nc1. The van der Waals surface area contributed by atoms with Crippen LogP contribution in [-0.2, 0) is 17.9 Å². The summed E-state index contributed by atoms with van der Waals surface area (Å²) in [6, 6.07) is 3.37. The fourth-order valence-corrected chi connectivity index (χ4v) is 1.01. The van der Waals surface area contributed by atoms with Gasteiger partial charge in [-0.05, 0) is 11.6 Å². The monoisotopic (exact) mass is 171 g/mol. The fraction of sp³-hybridized carbons (Fsp3) is 0.167. The van der Waals surface area contributed by atoms with Crippen molar-refractivity contribution in [2.75, 3.05) is 0 Å². The summed E-state index contributed by atoms with van der Waals surface area (Å²) in [5.41, 5.74) is 6.23. The Morgan fingerprint density at radius 2 is 2.27 bits per heavy atom. The molecule has 11 heavy (non-hydrogen) atoms. The molecule has 1 rings (SSSR count). The van der Waals surface area contributed by atoms with Crippen LogP contribution in [0.15, 0.2) is 23.4 Å². The number of hydrogen-bond donors (Lipinski definition) is 2. The molecule has 1 atom stereocenters. The van der Waals surface area contributed by atoms with Crippen LogP contribution in [0, 0.1) is 0 Å². The van der Waals surface area contributed by atoms with Crippen molar-refractivity contribution < 1.29 is 4.55 Å². The molecule has 0 aliphatic heterocycles. The smallest absolute Gasteiger partial charge is 0.265 e. The van der Waals surface area contributed by atoms with Gasteiger partial charge in [0.2, 0.25) is 0 Å². The molecule has 0 saturated carbocycles. The lowest BCUT2D eigenvalue weighted by atomic mass is 10.3. The van der Waals surface area contributed by atoms with Gasteiger partial charge in [-0.25, -0.2) is 4.98 Å². The molecule has 0 saturated heterocycles. The molecular formula is C6H9N3OS. The van der Waals surface area contributed by atoms with E-state index in [2.05, 4.69) is 4.98 Å². The summed E-state index contributed by atoms with van der Waals surface area (Å²) < 4.78 is 10.6. The van der Waals surface area contributed by atoms with E-state index in [-0.39, 0.29) is 0 Å². The lowest BCUT2D eigenvalue weighted by molar-refractivity contribution is 0.593. The Labute approximate surface area is 67.9 Å². The van der Waals surface area contributed by atoms with E-state index >= 15 is 0 Å². The molecule has 1 heterocycles. The lowest BCUT2D eigenvalue weighted by Crippen LogP contribution is -2.14. The molecule has 0 radical (unpaired) electrons. The third kappa shape index (κ3) is 2.16. The Kier molecular flexibility index (Phi) is 2.84. The van der Waals surface area contributed by atoms with Crippen molar-refractivity contribution in [3.05, 3.63) is 23.9 Å². The summed E-state index contributed by atoms with van der Waals surface area (Å²) in [4.78, 5) is 3.84. The molecule has 5 heteroatoms. The van der Waals surface area contributed by atoms with Crippen LogP contribution in [0.2, 0.25) is 0 Å². The molecule has 4 nitrogen and oxygen atoms in total. The van der Waals surface area contributed by atoms with E-state index in [0.717, 1.165) is 5.56 Å². The highest BCUT2D eigenvalue weighted by molar-refractivity contribution is 7.89.